The quantitative estimate of drug-likeness (QED) is 0.123. The van der Waals surface area contributed by atoms with Crippen LogP contribution in [0.4, 0.5) is 0 Å². The maximum atomic E-state index is 6.72. The van der Waals surface area contributed by atoms with E-state index in [0.717, 1.165) is 25.7 Å². The lowest BCUT2D eigenvalue weighted by atomic mass is 9.63. The summed E-state index contributed by atoms with van der Waals surface area (Å²) in [5, 5.41) is 3.72. The van der Waals surface area contributed by atoms with E-state index in [1.807, 2.05) is 20.8 Å². The van der Waals surface area contributed by atoms with E-state index in [9.17, 15) is 0 Å². The number of nitrogens with two attached hydrogens (primary N) is 1. The van der Waals surface area contributed by atoms with Gasteiger partial charge in [-0.05, 0) is 62.8 Å². The lowest BCUT2D eigenvalue weighted by Gasteiger charge is -2.53. The molecule has 2 aromatic carbocycles. The molecular formula is C35H54N2O3. The molecule has 0 saturated carbocycles. The van der Waals surface area contributed by atoms with Crippen molar-refractivity contribution in [1.29, 1.82) is 0 Å². The van der Waals surface area contributed by atoms with Crippen LogP contribution >= 0.6 is 0 Å². The van der Waals surface area contributed by atoms with Crippen LogP contribution in [-0.2, 0) is 20.6 Å². The molecule has 5 nitrogen and oxygen atoms in total. The summed E-state index contributed by atoms with van der Waals surface area (Å²) >= 11 is 0. The van der Waals surface area contributed by atoms with Gasteiger partial charge in [0.25, 0.3) is 5.97 Å². The van der Waals surface area contributed by atoms with Crippen molar-refractivity contribution in [2.24, 2.45) is 11.1 Å². The van der Waals surface area contributed by atoms with Crippen molar-refractivity contribution >= 4 is 6.08 Å². The number of fused-ring (bicyclic) bond motifs is 1. The first-order valence-corrected chi connectivity index (χ1v) is 15.8. The Hall–Kier alpha value is -2.18. The monoisotopic (exact) mass is 550 g/mol. The normalized spacial score (nSPS) is 16.4. The predicted molar refractivity (Wildman–Crippen MR) is 167 cm³/mol. The average Bonchev–Trinajstić information content (AvgIpc) is 3.35. The van der Waals surface area contributed by atoms with E-state index in [-0.39, 0.29) is 5.92 Å². The standard InChI is InChI=1S/C35H54N2O3/c1-5-9-10-11-12-18-24-34(25-23-29-19-14-13-15-20-29,35(38-6-2,39-7-3)40-8-4)33-31-22-17-16-21-30(31)28-32(33)37-27-26-36/h13-17,19-22,28,33,37H,5-12,18,23-27,36H2,1-4H3. The summed E-state index contributed by atoms with van der Waals surface area (Å²) in [5.41, 5.74) is 10.6. The topological polar surface area (TPSA) is 65.7 Å². The molecule has 2 aromatic rings. The second-order valence-electron chi connectivity index (χ2n) is 10.9. The van der Waals surface area contributed by atoms with Gasteiger partial charge in [-0.1, -0.05) is 100 Å². The molecule has 0 aliphatic heterocycles. The second kappa shape index (κ2) is 16.9. The van der Waals surface area contributed by atoms with Crippen molar-refractivity contribution in [3.05, 3.63) is 77.0 Å². The summed E-state index contributed by atoms with van der Waals surface area (Å²) in [4.78, 5) is 0. The van der Waals surface area contributed by atoms with Crippen molar-refractivity contribution in [2.45, 2.75) is 97.4 Å². The van der Waals surface area contributed by atoms with E-state index in [1.54, 1.807) is 0 Å². The van der Waals surface area contributed by atoms with Crippen LogP contribution in [0, 0.1) is 5.41 Å². The third kappa shape index (κ3) is 7.76. The van der Waals surface area contributed by atoms with Crippen LogP contribution in [0.1, 0.15) is 102 Å². The first kappa shape index (κ1) is 32.3. The van der Waals surface area contributed by atoms with Gasteiger partial charge < -0.3 is 25.3 Å². The number of rotatable bonds is 21. The maximum Gasteiger partial charge on any atom is 0.289 e. The van der Waals surface area contributed by atoms with Gasteiger partial charge in [0.05, 0.1) is 5.41 Å². The molecule has 0 amide bonds. The zero-order valence-corrected chi connectivity index (χ0v) is 25.6. The number of aryl methyl sites for hydroxylation is 1. The van der Waals surface area contributed by atoms with Crippen LogP contribution in [-0.4, -0.2) is 38.9 Å². The fourth-order valence-electron chi connectivity index (χ4n) is 6.54. The molecule has 3 N–H and O–H groups in total. The van der Waals surface area contributed by atoms with E-state index in [4.69, 9.17) is 19.9 Å². The van der Waals surface area contributed by atoms with Gasteiger partial charge in [0.1, 0.15) is 0 Å². The molecule has 0 heterocycles. The number of nitrogens with one attached hydrogen (secondary N) is 1. The first-order valence-electron chi connectivity index (χ1n) is 15.8. The number of hydrogen-bond acceptors (Lipinski definition) is 5. The van der Waals surface area contributed by atoms with E-state index >= 15 is 0 Å². The summed E-state index contributed by atoms with van der Waals surface area (Å²) in [6.07, 6.45) is 12.4. The van der Waals surface area contributed by atoms with Gasteiger partial charge >= 0.3 is 0 Å². The van der Waals surface area contributed by atoms with Gasteiger partial charge in [0, 0.05) is 44.5 Å². The lowest BCUT2D eigenvalue weighted by Crippen LogP contribution is -2.58. The summed E-state index contributed by atoms with van der Waals surface area (Å²) in [7, 11) is 0. The molecule has 1 aliphatic carbocycles. The Labute approximate surface area is 243 Å². The second-order valence-corrected chi connectivity index (χ2v) is 10.9. The molecule has 0 radical (unpaired) electrons. The van der Waals surface area contributed by atoms with Crippen LogP contribution in [0.25, 0.3) is 6.08 Å². The number of benzene rings is 2. The Bertz CT molecular complexity index is 992. The molecule has 2 unspecified atom stereocenters. The lowest BCUT2D eigenvalue weighted by molar-refractivity contribution is -0.433. The Balaban J connectivity index is 2.18. The van der Waals surface area contributed by atoms with Gasteiger partial charge in [0.2, 0.25) is 0 Å². The Morgan fingerprint density at radius 2 is 1.38 bits per heavy atom. The van der Waals surface area contributed by atoms with Crippen molar-refractivity contribution in [2.75, 3.05) is 32.9 Å². The van der Waals surface area contributed by atoms with Crippen LogP contribution in [0.2, 0.25) is 0 Å². The highest BCUT2D eigenvalue weighted by Crippen LogP contribution is 2.59. The molecule has 3 rings (SSSR count). The van der Waals surface area contributed by atoms with Crippen molar-refractivity contribution < 1.29 is 14.2 Å². The van der Waals surface area contributed by atoms with Gasteiger partial charge in [-0.25, -0.2) is 0 Å². The zero-order valence-electron chi connectivity index (χ0n) is 25.6. The van der Waals surface area contributed by atoms with Crippen LogP contribution in [0.5, 0.6) is 0 Å². The highest BCUT2D eigenvalue weighted by molar-refractivity contribution is 5.67. The third-order valence-corrected chi connectivity index (χ3v) is 8.25. The number of hydrogen-bond donors (Lipinski definition) is 2. The molecule has 0 aromatic heterocycles. The number of unbranched alkanes of at least 4 members (excludes halogenated alkanes) is 5. The highest BCUT2D eigenvalue weighted by atomic mass is 16.9. The van der Waals surface area contributed by atoms with Gasteiger partial charge in [-0.3, -0.25) is 0 Å². The van der Waals surface area contributed by atoms with E-state index in [1.165, 1.54) is 54.5 Å². The Kier molecular flexibility index (Phi) is 13.7. The SMILES string of the molecule is CCCCCCCCC(CCc1ccccc1)(C1C(NCCN)=Cc2ccccc21)C(OCC)(OCC)OCC. The minimum absolute atomic E-state index is 0.0271. The van der Waals surface area contributed by atoms with Gasteiger partial charge in [0.15, 0.2) is 0 Å². The van der Waals surface area contributed by atoms with Gasteiger partial charge in [-0.2, -0.15) is 0 Å². The molecule has 0 fully saturated rings. The van der Waals surface area contributed by atoms with Crippen LogP contribution < -0.4 is 11.1 Å². The summed E-state index contributed by atoms with van der Waals surface area (Å²) in [6, 6.07) is 19.6. The molecule has 0 bridgehead atoms. The molecule has 0 spiro atoms. The largest absolute Gasteiger partial charge is 0.387 e. The Morgan fingerprint density at radius 1 is 0.750 bits per heavy atom. The molecule has 40 heavy (non-hydrogen) atoms. The summed E-state index contributed by atoms with van der Waals surface area (Å²) in [6.45, 7) is 11.2. The molecular weight excluding hydrogens is 496 g/mol. The average molecular weight is 551 g/mol. The van der Waals surface area contributed by atoms with Gasteiger partial charge in [-0.15, -0.1) is 0 Å². The molecule has 1 aliphatic rings. The predicted octanol–water partition coefficient (Wildman–Crippen LogP) is 7.81. The van der Waals surface area contributed by atoms with Crippen molar-refractivity contribution in [3.63, 3.8) is 0 Å². The minimum Gasteiger partial charge on any atom is -0.387 e. The summed E-state index contributed by atoms with van der Waals surface area (Å²) < 4.78 is 20.1. The van der Waals surface area contributed by atoms with E-state index in [2.05, 4.69) is 72.9 Å². The molecule has 0 saturated heterocycles. The Morgan fingerprint density at radius 3 is 2.02 bits per heavy atom. The molecule has 222 valence electrons. The minimum atomic E-state index is -1.19. The summed E-state index contributed by atoms with van der Waals surface area (Å²) in [5.74, 6) is -1.16. The smallest absolute Gasteiger partial charge is 0.289 e. The van der Waals surface area contributed by atoms with E-state index in [0.29, 0.717) is 32.9 Å². The van der Waals surface area contributed by atoms with Crippen molar-refractivity contribution in [1.82, 2.24) is 5.32 Å². The first-order chi connectivity index (χ1) is 19.6. The van der Waals surface area contributed by atoms with Crippen LogP contribution in [0.3, 0.4) is 0 Å². The van der Waals surface area contributed by atoms with Crippen LogP contribution in [0.15, 0.2) is 60.3 Å². The third-order valence-electron chi connectivity index (χ3n) is 8.25. The van der Waals surface area contributed by atoms with E-state index < -0.39 is 11.4 Å². The van der Waals surface area contributed by atoms with Crippen molar-refractivity contribution in [3.8, 4) is 0 Å². The zero-order chi connectivity index (χ0) is 28.7. The maximum absolute atomic E-state index is 6.72. The fraction of sp³-hybridized carbons (Fsp3) is 0.600. The number of ether oxygens (including phenoxy) is 3. The molecule has 5 heteroatoms. The number of allylic oxidation sites excluding steroid dienone is 1. The highest BCUT2D eigenvalue weighted by Gasteiger charge is 2.60. The molecule has 2 atom stereocenters. The fourth-order valence-corrected chi connectivity index (χ4v) is 6.54.